The van der Waals surface area contributed by atoms with Crippen molar-refractivity contribution in [2.24, 2.45) is 0 Å². The fraction of sp³-hybridized carbons (Fsp3) is 0.909. The molecule has 0 saturated carbocycles. The lowest BCUT2D eigenvalue weighted by Gasteiger charge is -2.42. The fourth-order valence-electron chi connectivity index (χ4n) is 2.05. The maximum absolute atomic E-state index is 6.93. The van der Waals surface area contributed by atoms with Crippen molar-refractivity contribution >= 4 is 30.3 Å². The molecule has 0 atom stereocenters. The van der Waals surface area contributed by atoms with Crippen LogP contribution in [0.4, 0.5) is 0 Å². The summed E-state index contributed by atoms with van der Waals surface area (Å²) < 4.78 is 10.9. The van der Waals surface area contributed by atoms with Crippen LogP contribution in [0, 0.1) is 0 Å². The smallest absolute Gasteiger partial charge is 0.146 e. The Hall–Kier alpha value is 0.730. The third-order valence-electron chi connectivity index (χ3n) is 2.99. The van der Waals surface area contributed by atoms with E-state index >= 15 is 0 Å². The summed E-state index contributed by atoms with van der Waals surface area (Å²) in [5, 5.41) is 3.76. The Bertz CT molecular complexity index is 371. The van der Waals surface area contributed by atoms with Crippen LogP contribution < -0.4 is 0 Å². The number of halogens is 1. The number of hydrogen-bond acceptors (Lipinski definition) is 5. The van der Waals surface area contributed by atoms with Crippen molar-refractivity contribution in [2.75, 3.05) is 70.5 Å². The average Bonchev–Trinajstić information content (AvgIpc) is 2.23. The van der Waals surface area contributed by atoms with Gasteiger partial charge in [-0.05, 0) is 75.6 Å². The van der Waals surface area contributed by atoms with Gasteiger partial charge in [0.15, 0.2) is 0 Å². The van der Waals surface area contributed by atoms with Crippen molar-refractivity contribution < 1.29 is 0 Å². The summed E-state index contributed by atoms with van der Waals surface area (Å²) in [6.07, 6.45) is 0. The SMILES string of the molecule is CN(C)P(Cl)(=C=P(N(C)C)(N(C)C)N(C)C)N(C)C. The monoisotopic (exact) mass is 329 g/mol. The quantitative estimate of drug-likeness (QED) is 0.717. The zero-order valence-corrected chi connectivity index (χ0v) is 16.6. The maximum atomic E-state index is 6.93. The van der Waals surface area contributed by atoms with Gasteiger partial charge in [-0.15, -0.1) is 0 Å². The van der Waals surface area contributed by atoms with Gasteiger partial charge in [-0.3, -0.25) is 23.4 Å². The minimum Gasteiger partial charge on any atom is -0.260 e. The van der Waals surface area contributed by atoms with Crippen LogP contribution >= 0.6 is 25.1 Å². The van der Waals surface area contributed by atoms with E-state index in [4.69, 9.17) is 11.2 Å². The maximum Gasteiger partial charge on any atom is 0.146 e. The molecule has 0 heterocycles. The Balaban J connectivity index is 6.82. The van der Waals surface area contributed by atoms with Crippen LogP contribution in [-0.2, 0) is 0 Å². The predicted octanol–water partition coefficient (Wildman–Crippen LogP) is 2.20. The fourth-order valence-corrected chi connectivity index (χ4v) is 10.8. The molecule has 0 rings (SSSR count). The largest absolute Gasteiger partial charge is 0.260 e. The highest BCUT2D eigenvalue weighted by atomic mass is 35.7. The molecule has 0 spiro atoms. The van der Waals surface area contributed by atoms with Gasteiger partial charge in [-0.25, -0.2) is 0 Å². The van der Waals surface area contributed by atoms with Crippen molar-refractivity contribution in [3.63, 3.8) is 0 Å². The highest BCUT2D eigenvalue weighted by Crippen LogP contribution is 2.61. The van der Waals surface area contributed by atoms with Crippen molar-refractivity contribution in [1.82, 2.24) is 23.4 Å². The molecule has 19 heavy (non-hydrogen) atoms. The van der Waals surface area contributed by atoms with Crippen molar-refractivity contribution in [1.29, 1.82) is 0 Å². The van der Waals surface area contributed by atoms with Crippen LogP contribution in [0.2, 0.25) is 0 Å². The second kappa shape index (κ2) is 7.13. The Morgan fingerprint density at radius 3 is 1.00 bits per heavy atom. The first kappa shape index (κ1) is 19.7. The molecule has 0 aromatic heterocycles. The molecule has 0 aromatic rings. The van der Waals surface area contributed by atoms with Crippen LogP contribution in [-0.4, -0.2) is 99.0 Å². The Morgan fingerprint density at radius 1 is 0.579 bits per heavy atom. The van der Waals surface area contributed by atoms with Crippen molar-refractivity contribution in [3.8, 4) is 0 Å². The molecule has 116 valence electrons. The molecule has 5 nitrogen and oxygen atoms in total. The van der Waals surface area contributed by atoms with Gasteiger partial charge in [0.1, 0.15) is 13.9 Å². The third kappa shape index (κ3) is 3.89. The van der Waals surface area contributed by atoms with Gasteiger partial charge < -0.3 is 0 Å². The number of hydrogen-bond donors (Lipinski definition) is 0. The van der Waals surface area contributed by atoms with Crippen LogP contribution in [0.5, 0.6) is 0 Å². The lowest BCUT2D eigenvalue weighted by Crippen LogP contribution is -2.32. The predicted molar refractivity (Wildman–Crippen MR) is 93.1 cm³/mol. The first-order valence-corrected chi connectivity index (χ1v) is 10.3. The van der Waals surface area contributed by atoms with Gasteiger partial charge in [0, 0.05) is 0 Å². The highest BCUT2D eigenvalue weighted by Gasteiger charge is 2.30. The molecule has 0 aliphatic heterocycles. The van der Waals surface area contributed by atoms with E-state index in [0.717, 1.165) is 0 Å². The molecule has 0 fully saturated rings. The Labute approximate surface area is 124 Å². The second-order valence-corrected chi connectivity index (χ2v) is 13.8. The molecular weight excluding hydrogens is 300 g/mol. The van der Waals surface area contributed by atoms with E-state index in [1.807, 2.05) is 28.2 Å². The van der Waals surface area contributed by atoms with E-state index in [2.05, 4.69) is 70.8 Å². The first-order valence-electron chi connectivity index (χ1n) is 6.09. The summed E-state index contributed by atoms with van der Waals surface area (Å²) in [5.74, 6) is 0. The van der Waals surface area contributed by atoms with Crippen LogP contribution in [0.25, 0.3) is 0 Å². The van der Waals surface area contributed by atoms with Gasteiger partial charge >= 0.3 is 0 Å². The van der Waals surface area contributed by atoms with E-state index in [-0.39, 0.29) is 0 Å². The normalized spacial score (nSPS) is 14.1. The van der Waals surface area contributed by atoms with Gasteiger partial charge in [-0.2, -0.15) is 0 Å². The van der Waals surface area contributed by atoms with Gasteiger partial charge in [0.2, 0.25) is 0 Å². The minimum atomic E-state index is -2.08. The van der Waals surface area contributed by atoms with Gasteiger partial charge in [0.25, 0.3) is 0 Å². The van der Waals surface area contributed by atoms with Gasteiger partial charge in [0.05, 0.1) is 0 Å². The molecule has 0 aliphatic rings. The van der Waals surface area contributed by atoms with Crippen LogP contribution in [0.3, 0.4) is 0 Å². The summed E-state index contributed by atoms with van der Waals surface area (Å²) in [6.45, 7) is -2.08. The van der Waals surface area contributed by atoms with E-state index in [0.29, 0.717) is 0 Å². The summed E-state index contributed by atoms with van der Waals surface area (Å²) in [5.41, 5.74) is 0. The highest BCUT2D eigenvalue weighted by molar-refractivity contribution is 7.98. The van der Waals surface area contributed by atoms with Gasteiger partial charge in [-0.1, -0.05) is 11.2 Å². The first-order chi connectivity index (χ1) is 8.42. The molecule has 0 bridgehead atoms. The summed E-state index contributed by atoms with van der Waals surface area (Å²) in [7, 11) is 18.8. The van der Waals surface area contributed by atoms with E-state index < -0.39 is 13.9 Å². The van der Waals surface area contributed by atoms with Crippen molar-refractivity contribution in [3.05, 3.63) is 0 Å². The Morgan fingerprint density at radius 2 is 0.842 bits per heavy atom. The molecule has 0 saturated heterocycles. The average molecular weight is 330 g/mol. The summed E-state index contributed by atoms with van der Waals surface area (Å²) in [4.78, 5) is 0. The van der Waals surface area contributed by atoms with Crippen LogP contribution in [0.1, 0.15) is 0 Å². The third-order valence-corrected chi connectivity index (χ3v) is 13.0. The van der Waals surface area contributed by atoms with Crippen LogP contribution in [0.15, 0.2) is 0 Å². The number of rotatable bonds is 5. The molecule has 8 heteroatoms. The zero-order valence-electron chi connectivity index (χ0n) is 14.0. The molecule has 0 radical (unpaired) electrons. The summed E-state index contributed by atoms with van der Waals surface area (Å²) >= 11 is 6.93. The summed E-state index contributed by atoms with van der Waals surface area (Å²) in [6, 6.07) is 0. The molecular formula is C11H30ClN5P2. The molecule has 0 N–H and O–H groups in total. The number of nitrogens with zero attached hydrogens (tertiary/aromatic N) is 5. The molecule has 0 aromatic carbocycles. The topological polar surface area (TPSA) is 16.2 Å². The van der Waals surface area contributed by atoms with E-state index in [9.17, 15) is 0 Å². The molecule has 0 amide bonds. The standard InChI is InChI=1S/C11H30ClN5P2/c1-13(2)18(12,14(3)4)11-19(15(5)6,16(7)8)17(9)10/h1-10H3. The zero-order chi connectivity index (χ0) is 15.6. The van der Waals surface area contributed by atoms with E-state index in [1.165, 1.54) is 0 Å². The Kier molecular flexibility index (Phi) is 7.41. The molecule has 0 aliphatic carbocycles. The van der Waals surface area contributed by atoms with E-state index in [1.54, 1.807) is 0 Å². The minimum absolute atomic E-state index is 1.86. The lowest BCUT2D eigenvalue weighted by atomic mass is 11.2. The van der Waals surface area contributed by atoms with Crippen molar-refractivity contribution in [2.45, 2.75) is 0 Å². The molecule has 0 unspecified atom stereocenters. The second-order valence-electron chi connectivity index (χ2n) is 5.43. The lowest BCUT2D eigenvalue weighted by molar-refractivity contribution is 0.484.